The molecule has 0 spiro atoms. The van der Waals surface area contributed by atoms with Gasteiger partial charge in [-0.1, -0.05) is 11.6 Å². The van der Waals surface area contributed by atoms with Crippen molar-refractivity contribution in [2.75, 3.05) is 0 Å². The topological polar surface area (TPSA) is 37.3 Å². The quantitative estimate of drug-likeness (QED) is 0.745. The van der Waals surface area contributed by atoms with Gasteiger partial charge >= 0.3 is 0 Å². The SMILES string of the molecule is Cc1c(C=O)c(O)c(Cl)c2c1CCCC2. The highest BCUT2D eigenvalue weighted by atomic mass is 35.5. The van der Waals surface area contributed by atoms with Gasteiger partial charge in [0.05, 0.1) is 10.6 Å². The van der Waals surface area contributed by atoms with Crippen molar-refractivity contribution < 1.29 is 9.90 Å². The lowest BCUT2D eigenvalue weighted by molar-refractivity contribution is 0.112. The van der Waals surface area contributed by atoms with E-state index in [1.807, 2.05) is 6.92 Å². The molecule has 1 aliphatic carbocycles. The molecule has 1 aliphatic rings. The van der Waals surface area contributed by atoms with E-state index in [4.69, 9.17) is 11.6 Å². The Morgan fingerprint density at radius 1 is 1.27 bits per heavy atom. The second-order valence-electron chi connectivity index (χ2n) is 3.98. The van der Waals surface area contributed by atoms with Crippen LogP contribution >= 0.6 is 11.6 Å². The average Bonchev–Trinajstić information content (AvgIpc) is 2.27. The van der Waals surface area contributed by atoms with Crippen LogP contribution in [0.1, 0.15) is 39.9 Å². The summed E-state index contributed by atoms with van der Waals surface area (Å²) in [5.41, 5.74) is 3.43. The molecule has 1 N–H and O–H groups in total. The molecule has 1 aromatic rings. The minimum absolute atomic E-state index is 0.0511. The largest absolute Gasteiger partial charge is 0.506 e. The van der Waals surface area contributed by atoms with Crippen molar-refractivity contribution in [1.82, 2.24) is 0 Å². The first kappa shape index (κ1) is 10.5. The molecular weight excluding hydrogens is 212 g/mol. The van der Waals surface area contributed by atoms with Crippen molar-refractivity contribution in [3.63, 3.8) is 0 Å². The number of halogens is 1. The first-order valence-electron chi connectivity index (χ1n) is 5.14. The molecule has 15 heavy (non-hydrogen) atoms. The first-order valence-corrected chi connectivity index (χ1v) is 5.52. The Morgan fingerprint density at radius 3 is 2.47 bits per heavy atom. The lowest BCUT2D eigenvalue weighted by Crippen LogP contribution is -2.08. The number of carbonyl (C=O) groups is 1. The molecule has 0 fully saturated rings. The minimum Gasteiger partial charge on any atom is -0.506 e. The smallest absolute Gasteiger partial charge is 0.154 e. The number of aromatic hydroxyl groups is 1. The summed E-state index contributed by atoms with van der Waals surface area (Å²) >= 11 is 6.06. The number of benzene rings is 1. The number of aldehydes is 1. The zero-order chi connectivity index (χ0) is 11.0. The molecule has 0 atom stereocenters. The highest BCUT2D eigenvalue weighted by Gasteiger charge is 2.21. The lowest BCUT2D eigenvalue weighted by Gasteiger charge is -2.21. The lowest BCUT2D eigenvalue weighted by atomic mass is 9.86. The van der Waals surface area contributed by atoms with Gasteiger partial charge in [-0.3, -0.25) is 4.79 Å². The summed E-state index contributed by atoms with van der Waals surface area (Å²) in [6, 6.07) is 0. The molecule has 80 valence electrons. The summed E-state index contributed by atoms with van der Waals surface area (Å²) in [6.07, 6.45) is 4.79. The molecule has 3 heteroatoms. The summed E-state index contributed by atoms with van der Waals surface area (Å²) in [6.45, 7) is 1.88. The van der Waals surface area contributed by atoms with E-state index in [9.17, 15) is 9.90 Å². The number of hydrogen-bond donors (Lipinski definition) is 1. The third-order valence-electron chi connectivity index (χ3n) is 3.17. The fourth-order valence-corrected chi connectivity index (χ4v) is 2.62. The van der Waals surface area contributed by atoms with Crippen LogP contribution in [0.15, 0.2) is 0 Å². The van der Waals surface area contributed by atoms with E-state index in [1.165, 1.54) is 0 Å². The van der Waals surface area contributed by atoms with E-state index in [0.29, 0.717) is 16.9 Å². The van der Waals surface area contributed by atoms with Crippen LogP contribution in [0.3, 0.4) is 0 Å². The van der Waals surface area contributed by atoms with E-state index in [-0.39, 0.29) is 5.75 Å². The van der Waals surface area contributed by atoms with Crippen LogP contribution in [0.5, 0.6) is 5.75 Å². The Balaban J connectivity index is 2.74. The van der Waals surface area contributed by atoms with Gasteiger partial charge in [-0.25, -0.2) is 0 Å². The highest BCUT2D eigenvalue weighted by Crippen LogP contribution is 2.39. The second-order valence-corrected chi connectivity index (χ2v) is 4.36. The molecule has 0 radical (unpaired) electrons. The van der Waals surface area contributed by atoms with E-state index < -0.39 is 0 Å². The summed E-state index contributed by atoms with van der Waals surface area (Å²) in [4.78, 5) is 10.9. The molecule has 0 heterocycles. The van der Waals surface area contributed by atoms with Crippen LogP contribution in [0.4, 0.5) is 0 Å². The van der Waals surface area contributed by atoms with Crippen LogP contribution in [0.2, 0.25) is 5.02 Å². The van der Waals surface area contributed by atoms with Crippen molar-refractivity contribution in [3.05, 3.63) is 27.3 Å². The normalized spacial score (nSPS) is 14.8. The maximum absolute atomic E-state index is 10.9. The summed E-state index contributed by atoms with van der Waals surface area (Å²) in [5.74, 6) is -0.0511. The van der Waals surface area contributed by atoms with Crippen LogP contribution < -0.4 is 0 Å². The van der Waals surface area contributed by atoms with Gasteiger partial charge in [0, 0.05) is 0 Å². The van der Waals surface area contributed by atoms with Gasteiger partial charge < -0.3 is 5.11 Å². The summed E-state index contributed by atoms with van der Waals surface area (Å²) in [7, 11) is 0. The van der Waals surface area contributed by atoms with Gasteiger partial charge in [0.2, 0.25) is 0 Å². The Labute approximate surface area is 93.9 Å². The highest BCUT2D eigenvalue weighted by molar-refractivity contribution is 6.33. The van der Waals surface area contributed by atoms with E-state index in [2.05, 4.69) is 0 Å². The maximum Gasteiger partial charge on any atom is 0.154 e. The van der Waals surface area contributed by atoms with Gasteiger partial charge in [-0.05, 0) is 49.3 Å². The van der Waals surface area contributed by atoms with Crippen LogP contribution in [0.25, 0.3) is 0 Å². The maximum atomic E-state index is 10.9. The molecule has 0 unspecified atom stereocenters. The number of hydrogen-bond acceptors (Lipinski definition) is 2. The third-order valence-corrected chi connectivity index (χ3v) is 3.58. The minimum atomic E-state index is -0.0511. The fourth-order valence-electron chi connectivity index (χ4n) is 2.31. The molecule has 0 saturated heterocycles. The van der Waals surface area contributed by atoms with Gasteiger partial charge in [-0.2, -0.15) is 0 Å². The van der Waals surface area contributed by atoms with Gasteiger partial charge in [0.1, 0.15) is 5.75 Å². The van der Waals surface area contributed by atoms with Gasteiger partial charge in [-0.15, -0.1) is 0 Å². The van der Waals surface area contributed by atoms with Crippen molar-refractivity contribution in [2.45, 2.75) is 32.6 Å². The monoisotopic (exact) mass is 224 g/mol. The van der Waals surface area contributed by atoms with Crippen molar-refractivity contribution >= 4 is 17.9 Å². The molecule has 0 aliphatic heterocycles. The summed E-state index contributed by atoms with van der Waals surface area (Å²) < 4.78 is 0. The molecular formula is C12H13ClO2. The number of phenols is 1. The predicted octanol–water partition coefficient (Wildman–Crippen LogP) is 3.05. The molecule has 0 amide bonds. The average molecular weight is 225 g/mol. The Morgan fingerprint density at radius 2 is 1.87 bits per heavy atom. The number of phenolic OH excluding ortho intramolecular Hbond substituents is 1. The van der Waals surface area contributed by atoms with Crippen molar-refractivity contribution in [1.29, 1.82) is 0 Å². The summed E-state index contributed by atoms with van der Waals surface area (Å²) in [5, 5.41) is 10.1. The first-order chi connectivity index (χ1) is 7.16. The van der Waals surface area contributed by atoms with Crippen LogP contribution in [-0.2, 0) is 12.8 Å². The molecule has 0 bridgehead atoms. The van der Waals surface area contributed by atoms with E-state index in [1.54, 1.807) is 0 Å². The Hall–Kier alpha value is -1.02. The fraction of sp³-hybridized carbons (Fsp3) is 0.417. The van der Waals surface area contributed by atoms with Crippen LogP contribution in [-0.4, -0.2) is 11.4 Å². The molecule has 2 rings (SSSR count). The zero-order valence-corrected chi connectivity index (χ0v) is 9.40. The third kappa shape index (κ3) is 1.53. The molecule has 0 aromatic heterocycles. The number of fused-ring (bicyclic) bond motifs is 1. The number of carbonyl (C=O) groups excluding carboxylic acids is 1. The molecule has 2 nitrogen and oxygen atoms in total. The Kier molecular flexibility index (Phi) is 2.70. The van der Waals surface area contributed by atoms with E-state index in [0.717, 1.165) is 42.4 Å². The van der Waals surface area contributed by atoms with Crippen LogP contribution in [0, 0.1) is 6.92 Å². The van der Waals surface area contributed by atoms with Crippen molar-refractivity contribution in [3.8, 4) is 5.75 Å². The van der Waals surface area contributed by atoms with Crippen molar-refractivity contribution in [2.24, 2.45) is 0 Å². The predicted molar refractivity (Wildman–Crippen MR) is 59.9 cm³/mol. The zero-order valence-electron chi connectivity index (χ0n) is 8.64. The second kappa shape index (κ2) is 3.86. The standard InChI is InChI=1S/C12H13ClO2/c1-7-8-4-2-3-5-9(8)11(13)12(15)10(7)6-14/h6,15H,2-5H2,1H3. The van der Waals surface area contributed by atoms with Gasteiger partial charge in [0.15, 0.2) is 6.29 Å². The van der Waals surface area contributed by atoms with Gasteiger partial charge in [0.25, 0.3) is 0 Å². The Bertz CT molecular complexity index is 424. The number of rotatable bonds is 1. The molecule has 1 aromatic carbocycles. The molecule has 0 saturated carbocycles. The van der Waals surface area contributed by atoms with E-state index >= 15 is 0 Å².